The number of aromatic nitrogens is 1. The zero-order chi connectivity index (χ0) is 23.5. The third-order valence-electron chi connectivity index (χ3n) is 5.69. The standard InChI is InChI=1S/C27H23N3O3S/c1-33-23-13-7-8-18(25(23)31)16-24-26(32)30(27(34-24)29-20-9-3-2-4-10-20)15-14-19-17-28-22-12-6-5-11-21(19)22/h2-13,16-17,28,31H,14-15H2,1H3/b24-16+,29-27?. The molecule has 2 heterocycles. The first-order valence-electron chi connectivity index (χ1n) is 10.9. The molecule has 0 radical (unpaired) electrons. The summed E-state index contributed by atoms with van der Waals surface area (Å²) in [6.07, 6.45) is 4.37. The van der Waals surface area contributed by atoms with Crippen LogP contribution in [0.15, 0.2) is 88.9 Å². The minimum Gasteiger partial charge on any atom is -0.504 e. The van der Waals surface area contributed by atoms with E-state index in [-0.39, 0.29) is 11.7 Å². The van der Waals surface area contributed by atoms with E-state index in [9.17, 15) is 9.90 Å². The van der Waals surface area contributed by atoms with Crippen LogP contribution in [0.4, 0.5) is 5.69 Å². The number of phenols is 1. The lowest BCUT2D eigenvalue weighted by Crippen LogP contribution is -2.31. The highest BCUT2D eigenvalue weighted by Crippen LogP contribution is 2.37. The number of aliphatic imine (C=N–C) groups is 1. The second-order valence-electron chi connectivity index (χ2n) is 7.80. The van der Waals surface area contributed by atoms with E-state index in [1.54, 1.807) is 29.2 Å². The fraction of sp³-hybridized carbons (Fsp3) is 0.111. The molecule has 0 bridgehead atoms. The van der Waals surface area contributed by atoms with Crippen molar-refractivity contribution in [2.75, 3.05) is 13.7 Å². The molecule has 1 amide bonds. The number of para-hydroxylation sites is 3. The van der Waals surface area contributed by atoms with Crippen molar-refractivity contribution in [1.82, 2.24) is 9.88 Å². The van der Waals surface area contributed by atoms with Gasteiger partial charge in [0.1, 0.15) is 0 Å². The lowest BCUT2D eigenvalue weighted by atomic mass is 10.1. The fourth-order valence-electron chi connectivity index (χ4n) is 3.93. The van der Waals surface area contributed by atoms with Gasteiger partial charge >= 0.3 is 0 Å². The third kappa shape index (κ3) is 4.30. The number of carbonyl (C=O) groups excluding carboxylic acids is 1. The normalized spacial score (nSPS) is 16.1. The van der Waals surface area contributed by atoms with Crippen LogP contribution in [0.5, 0.6) is 11.5 Å². The van der Waals surface area contributed by atoms with Crippen molar-refractivity contribution in [1.29, 1.82) is 0 Å². The molecule has 1 aliphatic rings. The number of aromatic hydroxyl groups is 1. The SMILES string of the molecule is COc1cccc(/C=C2/SC(=Nc3ccccc3)N(CCc3c[nH]c4ccccc34)C2=O)c1O. The average molecular weight is 470 g/mol. The first-order valence-corrected chi connectivity index (χ1v) is 11.7. The van der Waals surface area contributed by atoms with E-state index in [0.29, 0.717) is 34.4 Å². The number of phenolic OH excluding ortho intramolecular Hbond substituents is 1. The number of rotatable bonds is 6. The maximum atomic E-state index is 13.4. The summed E-state index contributed by atoms with van der Waals surface area (Å²) >= 11 is 1.31. The average Bonchev–Trinajstić information content (AvgIpc) is 3.40. The molecule has 0 saturated carbocycles. The van der Waals surface area contributed by atoms with Gasteiger partial charge in [0.15, 0.2) is 16.7 Å². The number of hydrogen-bond donors (Lipinski definition) is 2. The first kappa shape index (κ1) is 21.9. The van der Waals surface area contributed by atoms with Gasteiger partial charge in [-0.25, -0.2) is 4.99 Å². The molecule has 3 aromatic carbocycles. The molecule has 1 aliphatic heterocycles. The molecule has 1 saturated heterocycles. The second kappa shape index (κ2) is 9.49. The van der Waals surface area contributed by atoms with E-state index in [2.05, 4.69) is 11.1 Å². The molecule has 6 nitrogen and oxygen atoms in total. The van der Waals surface area contributed by atoms with Crippen LogP contribution in [0, 0.1) is 0 Å². The summed E-state index contributed by atoms with van der Waals surface area (Å²) in [7, 11) is 1.50. The third-order valence-corrected chi connectivity index (χ3v) is 6.69. The van der Waals surface area contributed by atoms with Crippen LogP contribution in [-0.4, -0.2) is 39.7 Å². The summed E-state index contributed by atoms with van der Waals surface area (Å²) in [5, 5.41) is 12.3. The summed E-state index contributed by atoms with van der Waals surface area (Å²) < 4.78 is 5.21. The van der Waals surface area contributed by atoms with Gasteiger partial charge in [-0.3, -0.25) is 9.69 Å². The van der Waals surface area contributed by atoms with Crippen LogP contribution in [0.3, 0.4) is 0 Å². The van der Waals surface area contributed by atoms with Crippen LogP contribution < -0.4 is 4.74 Å². The molecular formula is C27H23N3O3S. The first-order chi connectivity index (χ1) is 16.6. The highest BCUT2D eigenvalue weighted by molar-refractivity contribution is 8.18. The van der Waals surface area contributed by atoms with Crippen molar-refractivity contribution < 1.29 is 14.6 Å². The number of nitrogens with zero attached hydrogens (tertiary/aromatic N) is 2. The number of H-pyrrole nitrogens is 1. The van der Waals surface area contributed by atoms with Crippen LogP contribution in [-0.2, 0) is 11.2 Å². The molecule has 7 heteroatoms. The number of hydrogen-bond acceptors (Lipinski definition) is 5. The Balaban J connectivity index is 1.47. The molecule has 4 aromatic rings. The number of aromatic amines is 1. The topological polar surface area (TPSA) is 77.9 Å². The summed E-state index contributed by atoms with van der Waals surface area (Å²) in [5.74, 6) is 0.227. The fourth-order valence-corrected chi connectivity index (χ4v) is 4.95. The summed E-state index contributed by atoms with van der Waals surface area (Å²) in [6, 6.07) is 22.9. The number of fused-ring (bicyclic) bond motifs is 1. The predicted octanol–water partition coefficient (Wildman–Crippen LogP) is 5.73. The Hall–Kier alpha value is -3.97. The lowest BCUT2D eigenvalue weighted by molar-refractivity contribution is -0.122. The predicted molar refractivity (Wildman–Crippen MR) is 137 cm³/mol. The zero-order valence-electron chi connectivity index (χ0n) is 18.6. The van der Waals surface area contributed by atoms with Gasteiger partial charge in [-0.2, -0.15) is 0 Å². The van der Waals surface area contributed by atoms with Crippen LogP contribution in [0.25, 0.3) is 17.0 Å². The maximum Gasteiger partial charge on any atom is 0.266 e. The molecule has 0 aliphatic carbocycles. The summed E-state index contributed by atoms with van der Waals surface area (Å²) in [4.78, 5) is 23.7. The van der Waals surface area contributed by atoms with E-state index in [1.807, 2.05) is 54.7 Å². The smallest absolute Gasteiger partial charge is 0.266 e. The van der Waals surface area contributed by atoms with Gasteiger partial charge in [-0.1, -0.05) is 48.5 Å². The highest BCUT2D eigenvalue weighted by atomic mass is 32.2. The Bertz CT molecular complexity index is 1410. The Labute approximate surface area is 201 Å². The number of methoxy groups -OCH3 is 1. The molecule has 170 valence electrons. The largest absolute Gasteiger partial charge is 0.504 e. The molecule has 5 rings (SSSR count). The van der Waals surface area contributed by atoms with E-state index < -0.39 is 0 Å². The molecule has 2 N–H and O–H groups in total. The van der Waals surface area contributed by atoms with Crippen molar-refractivity contribution in [2.45, 2.75) is 6.42 Å². The van der Waals surface area contributed by atoms with Crippen molar-refractivity contribution >= 4 is 45.5 Å². The van der Waals surface area contributed by atoms with Gasteiger partial charge in [-0.05, 0) is 54.1 Å². The zero-order valence-corrected chi connectivity index (χ0v) is 19.4. The van der Waals surface area contributed by atoms with Crippen molar-refractivity contribution in [3.05, 3.63) is 95.0 Å². The van der Waals surface area contributed by atoms with E-state index in [4.69, 9.17) is 9.73 Å². The quantitative estimate of drug-likeness (QED) is 0.354. The van der Waals surface area contributed by atoms with E-state index in [1.165, 1.54) is 18.9 Å². The minimum absolute atomic E-state index is 0.00434. The maximum absolute atomic E-state index is 13.4. The van der Waals surface area contributed by atoms with E-state index >= 15 is 0 Å². The van der Waals surface area contributed by atoms with Crippen LogP contribution >= 0.6 is 11.8 Å². The molecule has 34 heavy (non-hydrogen) atoms. The second-order valence-corrected chi connectivity index (χ2v) is 8.81. The Morgan fingerprint density at radius 1 is 1.06 bits per heavy atom. The number of ether oxygens (including phenoxy) is 1. The van der Waals surface area contributed by atoms with Gasteiger partial charge in [0.25, 0.3) is 5.91 Å². The number of carbonyl (C=O) groups is 1. The lowest BCUT2D eigenvalue weighted by Gasteiger charge is -2.15. The van der Waals surface area contributed by atoms with Gasteiger partial charge in [-0.15, -0.1) is 0 Å². The summed E-state index contributed by atoms with van der Waals surface area (Å²) in [5.41, 5.74) is 3.52. The number of amidine groups is 1. The molecule has 0 spiro atoms. The number of thioether (sulfide) groups is 1. The van der Waals surface area contributed by atoms with Crippen molar-refractivity contribution in [3.8, 4) is 11.5 Å². The number of nitrogens with one attached hydrogen (secondary N) is 1. The van der Waals surface area contributed by atoms with Crippen LogP contribution in [0.1, 0.15) is 11.1 Å². The van der Waals surface area contributed by atoms with E-state index in [0.717, 1.165) is 22.2 Å². The Kier molecular flexibility index (Phi) is 6.10. The van der Waals surface area contributed by atoms with Gasteiger partial charge in [0.05, 0.1) is 17.7 Å². The molecule has 1 aromatic heterocycles. The van der Waals surface area contributed by atoms with Gasteiger partial charge < -0.3 is 14.8 Å². The van der Waals surface area contributed by atoms with Gasteiger partial charge in [0, 0.05) is 29.2 Å². The van der Waals surface area contributed by atoms with Crippen molar-refractivity contribution in [2.24, 2.45) is 4.99 Å². The Morgan fingerprint density at radius 2 is 1.85 bits per heavy atom. The number of amides is 1. The molecule has 1 fully saturated rings. The van der Waals surface area contributed by atoms with Crippen LogP contribution in [0.2, 0.25) is 0 Å². The monoisotopic (exact) mass is 469 g/mol. The van der Waals surface area contributed by atoms with Gasteiger partial charge in [0.2, 0.25) is 0 Å². The summed E-state index contributed by atoms with van der Waals surface area (Å²) in [6.45, 7) is 0.487. The number of benzene rings is 3. The Morgan fingerprint density at radius 3 is 2.68 bits per heavy atom. The molecular weight excluding hydrogens is 446 g/mol. The molecule has 0 unspecified atom stereocenters. The van der Waals surface area contributed by atoms with Crippen molar-refractivity contribution in [3.63, 3.8) is 0 Å². The minimum atomic E-state index is -0.137. The highest BCUT2D eigenvalue weighted by Gasteiger charge is 2.33. The molecule has 0 atom stereocenters.